The predicted octanol–water partition coefficient (Wildman–Crippen LogP) is 2.94. The number of aromatic amines is 1. The second kappa shape index (κ2) is 4.87. The second-order valence-electron chi connectivity index (χ2n) is 5.87. The number of aryl methyl sites for hydroxylation is 1. The van der Waals surface area contributed by atoms with Crippen LogP contribution in [-0.2, 0) is 12.8 Å². The average molecular weight is 246 g/mol. The minimum absolute atomic E-state index is 0.134. The fourth-order valence-electron chi connectivity index (χ4n) is 3.51. The normalized spacial score (nSPS) is 27.2. The lowest BCUT2D eigenvalue weighted by Crippen LogP contribution is -2.23. The summed E-state index contributed by atoms with van der Waals surface area (Å²) >= 11 is 0. The number of nitrogens with one attached hydrogen (secondary N) is 1. The lowest BCUT2D eigenvalue weighted by Gasteiger charge is -2.17. The largest absolute Gasteiger partial charge is 0.310 e. The molecule has 0 spiro atoms. The van der Waals surface area contributed by atoms with E-state index < -0.39 is 0 Å². The Hall–Kier alpha value is -1.12. The van der Waals surface area contributed by atoms with E-state index in [2.05, 4.69) is 11.9 Å². The smallest absolute Gasteiger partial charge is 0.254 e. The average Bonchev–Trinajstić information content (AvgIpc) is 2.87. The van der Waals surface area contributed by atoms with Crippen molar-refractivity contribution in [3.05, 3.63) is 27.4 Å². The summed E-state index contributed by atoms with van der Waals surface area (Å²) in [7, 11) is 0. The zero-order valence-corrected chi connectivity index (χ0v) is 11.2. The number of fused-ring (bicyclic) bond motifs is 1. The molecule has 2 unspecified atom stereocenters. The highest BCUT2D eigenvalue weighted by Gasteiger charge is 2.27. The molecule has 2 aliphatic carbocycles. The van der Waals surface area contributed by atoms with Crippen molar-refractivity contribution in [2.24, 2.45) is 5.92 Å². The Kier molecular flexibility index (Phi) is 3.23. The van der Waals surface area contributed by atoms with E-state index >= 15 is 0 Å². The van der Waals surface area contributed by atoms with E-state index in [4.69, 9.17) is 4.98 Å². The number of rotatable bonds is 2. The zero-order valence-electron chi connectivity index (χ0n) is 11.2. The topological polar surface area (TPSA) is 45.8 Å². The minimum Gasteiger partial charge on any atom is -0.310 e. The predicted molar refractivity (Wildman–Crippen MR) is 71.9 cm³/mol. The number of hydrogen-bond acceptors (Lipinski definition) is 2. The first kappa shape index (κ1) is 11.9. The molecule has 0 aromatic carbocycles. The van der Waals surface area contributed by atoms with Crippen LogP contribution in [0.3, 0.4) is 0 Å². The molecule has 18 heavy (non-hydrogen) atoms. The molecule has 1 aromatic rings. The van der Waals surface area contributed by atoms with Crippen molar-refractivity contribution in [2.75, 3.05) is 0 Å². The lowest BCUT2D eigenvalue weighted by atomic mass is 9.96. The quantitative estimate of drug-likeness (QED) is 0.872. The van der Waals surface area contributed by atoms with E-state index in [0.717, 1.165) is 42.3 Å². The van der Waals surface area contributed by atoms with Gasteiger partial charge < -0.3 is 4.98 Å². The maximum atomic E-state index is 12.1. The van der Waals surface area contributed by atoms with Gasteiger partial charge >= 0.3 is 0 Å². The minimum atomic E-state index is 0.134. The summed E-state index contributed by atoms with van der Waals surface area (Å²) in [5.74, 6) is 2.29. The molecule has 3 nitrogen and oxygen atoms in total. The molecular formula is C15H22N2O. The van der Waals surface area contributed by atoms with Gasteiger partial charge in [-0.25, -0.2) is 4.98 Å². The van der Waals surface area contributed by atoms with Gasteiger partial charge in [-0.05, 0) is 50.9 Å². The second-order valence-corrected chi connectivity index (χ2v) is 5.87. The van der Waals surface area contributed by atoms with Crippen LogP contribution in [0.25, 0.3) is 0 Å². The third kappa shape index (κ3) is 2.11. The van der Waals surface area contributed by atoms with Gasteiger partial charge in [0.25, 0.3) is 5.56 Å². The van der Waals surface area contributed by atoms with Crippen molar-refractivity contribution in [1.82, 2.24) is 9.97 Å². The standard InChI is InChI=1S/C15H22N2O/c1-2-10-7-8-11(9-10)14-16-13-6-4-3-5-12(13)15(18)17-14/h10-11H,2-9H2,1H3,(H,16,17,18). The summed E-state index contributed by atoms with van der Waals surface area (Å²) in [5.41, 5.74) is 2.17. The molecule has 1 fully saturated rings. The van der Waals surface area contributed by atoms with Gasteiger partial charge in [0, 0.05) is 11.5 Å². The molecule has 0 radical (unpaired) electrons. The Bertz CT molecular complexity index is 492. The molecule has 1 heterocycles. The summed E-state index contributed by atoms with van der Waals surface area (Å²) in [5, 5.41) is 0. The number of hydrogen-bond donors (Lipinski definition) is 1. The molecule has 98 valence electrons. The number of nitrogens with zero attached hydrogens (tertiary/aromatic N) is 1. The van der Waals surface area contributed by atoms with E-state index in [1.807, 2.05) is 0 Å². The first-order valence-electron chi connectivity index (χ1n) is 7.40. The Morgan fingerprint density at radius 3 is 2.89 bits per heavy atom. The maximum Gasteiger partial charge on any atom is 0.254 e. The van der Waals surface area contributed by atoms with E-state index in [9.17, 15) is 4.79 Å². The maximum absolute atomic E-state index is 12.1. The van der Waals surface area contributed by atoms with Gasteiger partial charge in [0.05, 0.1) is 5.69 Å². The van der Waals surface area contributed by atoms with Crippen molar-refractivity contribution in [2.45, 2.75) is 64.2 Å². The van der Waals surface area contributed by atoms with E-state index in [-0.39, 0.29) is 5.56 Å². The molecule has 1 saturated carbocycles. The van der Waals surface area contributed by atoms with Crippen molar-refractivity contribution in [1.29, 1.82) is 0 Å². The third-order valence-corrected chi connectivity index (χ3v) is 4.72. The van der Waals surface area contributed by atoms with E-state index in [0.29, 0.717) is 5.92 Å². The summed E-state index contributed by atoms with van der Waals surface area (Å²) in [6.45, 7) is 2.26. The summed E-state index contributed by atoms with van der Waals surface area (Å²) < 4.78 is 0. The van der Waals surface area contributed by atoms with Crippen LogP contribution in [0.1, 0.15) is 68.4 Å². The van der Waals surface area contributed by atoms with Crippen LogP contribution in [0.5, 0.6) is 0 Å². The van der Waals surface area contributed by atoms with Crippen LogP contribution in [0, 0.1) is 5.92 Å². The van der Waals surface area contributed by atoms with Gasteiger partial charge in [-0.3, -0.25) is 4.79 Å². The third-order valence-electron chi connectivity index (χ3n) is 4.72. The van der Waals surface area contributed by atoms with Crippen molar-refractivity contribution >= 4 is 0 Å². The molecule has 3 rings (SSSR count). The highest BCUT2D eigenvalue weighted by atomic mass is 16.1. The first-order chi connectivity index (χ1) is 8.78. The van der Waals surface area contributed by atoms with Gasteiger partial charge in [-0.15, -0.1) is 0 Å². The monoisotopic (exact) mass is 246 g/mol. The highest BCUT2D eigenvalue weighted by molar-refractivity contribution is 5.21. The van der Waals surface area contributed by atoms with E-state index in [1.165, 1.54) is 32.1 Å². The number of aromatic nitrogens is 2. The van der Waals surface area contributed by atoms with Crippen LogP contribution >= 0.6 is 0 Å². The number of H-pyrrole nitrogens is 1. The van der Waals surface area contributed by atoms with Gasteiger partial charge in [-0.2, -0.15) is 0 Å². The molecule has 1 aromatic heterocycles. The Labute approximate surface area is 108 Å². The molecule has 0 aliphatic heterocycles. The molecule has 0 bridgehead atoms. The zero-order chi connectivity index (χ0) is 12.5. The summed E-state index contributed by atoms with van der Waals surface area (Å²) in [6.07, 6.45) is 9.19. The fourth-order valence-corrected chi connectivity index (χ4v) is 3.51. The van der Waals surface area contributed by atoms with Crippen LogP contribution in [0.2, 0.25) is 0 Å². The lowest BCUT2D eigenvalue weighted by molar-refractivity contribution is 0.514. The van der Waals surface area contributed by atoms with Crippen LogP contribution in [0.4, 0.5) is 0 Å². The SMILES string of the molecule is CCC1CCC(c2nc3c(c(=O)[nH]2)CCCC3)C1. The Morgan fingerprint density at radius 1 is 1.28 bits per heavy atom. The molecule has 0 saturated heterocycles. The van der Waals surface area contributed by atoms with Crippen molar-refractivity contribution in [3.8, 4) is 0 Å². The Morgan fingerprint density at radius 2 is 2.11 bits per heavy atom. The van der Waals surface area contributed by atoms with Crippen molar-refractivity contribution < 1.29 is 0 Å². The molecule has 1 N–H and O–H groups in total. The van der Waals surface area contributed by atoms with Crippen LogP contribution in [-0.4, -0.2) is 9.97 Å². The van der Waals surface area contributed by atoms with Crippen LogP contribution in [0.15, 0.2) is 4.79 Å². The molecule has 2 aliphatic rings. The molecule has 0 amide bonds. The molecule has 3 heteroatoms. The van der Waals surface area contributed by atoms with Gasteiger partial charge in [0.15, 0.2) is 0 Å². The van der Waals surface area contributed by atoms with Crippen molar-refractivity contribution in [3.63, 3.8) is 0 Å². The van der Waals surface area contributed by atoms with Gasteiger partial charge in [-0.1, -0.05) is 13.3 Å². The molecular weight excluding hydrogens is 224 g/mol. The Balaban J connectivity index is 1.89. The highest BCUT2D eigenvalue weighted by Crippen LogP contribution is 2.38. The molecule has 2 atom stereocenters. The fraction of sp³-hybridized carbons (Fsp3) is 0.733. The van der Waals surface area contributed by atoms with Gasteiger partial charge in [0.2, 0.25) is 0 Å². The van der Waals surface area contributed by atoms with E-state index in [1.54, 1.807) is 0 Å². The summed E-state index contributed by atoms with van der Waals surface area (Å²) in [4.78, 5) is 19.9. The first-order valence-corrected chi connectivity index (χ1v) is 7.40. The summed E-state index contributed by atoms with van der Waals surface area (Å²) in [6, 6.07) is 0. The van der Waals surface area contributed by atoms with Crippen LogP contribution < -0.4 is 5.56 Å². The van der Waals surface area contributed by atoms with Gasteiger partial charge in [0.1, 0.15) is 5.82 Å².